The van der Waals surface area contributed by atoms with Crippen LogP contribution in [0.1, 0.15) is 40.3 Å². The van der Waals surface area contributed by atoms with Crippen LogP contribution in [0.25, 0.3) is 5.69 Å². The molecule has 0 unspecified atom stereocenters. The maximum atomic E-state index is 5.83. The zero-order chi connectivity index (χ0) is 22.1. The normalized spacial score (nSPS) is 18.1. The molecule has 160 valence electrons. The molecule has 0 aliphatic carbocycles. The van der Waals surface area contributed by atoms with Crippen molar-refractivity contribution in [1.29, 1.82) is 0 Å². The molecule has 0 spiro atoms. The van der Waals surface area contributed by atoms with Crippen LogP contribution in [0.2, 0.25) is 0 Å². The second-order valence-corrected chi connectivity index (χ2v) is 8.50. The molecule has 3 aromatic heterocycles. The maximum absolute atomic E-state index is 5.83. The average Bonchev–Trinajstić information content (AvgIpc) is 3.30. The largest absolute Gasteiger partial charge is 0.352 e. The molecule has 1 aromatic carbocycles. The minimum Gasteiger partial charge on any atom is -0.352 e. The predicted molar refractivity (Wildman–Crippen MR) is 130 cm³/mol. The SMILES string of the molecule is Cc1cc([C@@H]2[C@@H](c3ccccn3)NC(=S)N2Cc2cccnc2)c(C)n1-c1ccccc1. The van der Waals surface area contributed by atoms with Crippen LogP contribution in [0.15, 0.2) is 85.3 Å². The second kappa shape index (κ2) is 8.55. The van der Waals surface area contributed by atoms with Crippen molar-refractivity contribution in [2.45, 2.75) is 32.5 Å². The van der Waals surface area contributed by atoms with Crippen LogP contribution >= 0.6 is 12.2 Å². The highest BCUT2D eigenvalue weighted by Gasteiger charge is 2.41. The fourth-order valence-corrected chi connectivity index (χ4v) is 4.97. The van der Waals surface area contributed by atoms with E-state index in [4.69, 9.17) is 12.2 Å². The summed E-state index contributed by atoms with van der Waals surface area (Å²) in [6.45, 7) is 5.03. The summed E-state index contributed by atoms with van der Waals surface area (Å²) in [6.07, 6.45) is 5.54. The molecule has 0 amide bonds. The van der Waals surface area contributed by atoms with Crippen molar-refractivity contribution in [3.8, 4) is 5.69 Å². The first-order valence-electron chi connectivity index (χ1n) is 10.7. The summed E-state index contributed by atoms with van der Waals surface area (Å²) in [4.78, 5) is 11.2. The molecule has 0 saturated carbocycles. The minimum absolute atomic E-state index is 0.0151. The van der Waals surface area contributed by atoms with Gasteiger partial charge in [0.05, 0.1) is 17.8 Å². The van der Waals surface area contributed by atoms with Gasteiger partial charge in [-0.3, -0.25) is 9.97 Å². The van der Waals surface area contributed by atoms with E-state index in [1.807, 2.05) is 36.7 Å². The molecule has 1 fully saturated rings. The summed E-state index contributed by atoms with van der Waals surface area (Å²) in [7, 11) is 0. The van der Waals surface area contributed by atoms with Gasteiger partial charge in [0.1, 0.15) is 0 Å². The van der Waals surface area contributed by atoms with E-state index in [-0.39, 0.29) is 12.1 Å². The number of hydrogen-bond donors (Lipinski definition) is 1. The van der Waals surface area contributed by atoms with Gasteiger partial charge in [-0.15, -0.1) is 0 Å². The third-order valence-corrected chi connectivity index (χ3v) is 6.43. The Bertz CT molecular complexity index is 1220. The van der Waals surface area contributed by atoms with Gasteiger partial charge in [-0.2, -0.15) is 0 Å². The number of thiocarbonyl (C=S) groups is 1. The fourth-order valence-electron chi connectivity index (χ4n) is 4.66. The number of hydrogen-bond acceptors (Lipinski definition) is 3. The number of aryl methyl sites for hydroxylation is 1. The van der Waals surface area contributed by atoms with Crippen LogP contribution in [0.3, 0.4) is 0 Å². The van der Waals surface area contributed by atoms with E-state index in [0.717, 1.165) is 22.1 Å². The number of nitrogens with zero attached hydrogens (tertiary/aromatic N) is 4. The maximum Gasteiger partial charge on any atom is 0.170 e. The molecular formula is C26H25N5S. The minimum atomic E-state index is -0.0369. The van der Waals surface area contributed by atoms with E-state index < -0.39 is 0 Å². The van der Waals surface area contributed by atoms with Gasteiger partial charge in [0.15, 0.2) is 5.11 Å². The number of para-hydroxylation sites is 1. The highest BCUT2D eigenvalue weighted by Crippen LogP contribution is 2.42. The molecular weight excluding hydrogens is 414 g/mol. The molecule has 5 nitrogen and oxygen atoms in total. The molecule has 6 heteroatoms. The van der Waals surface area contributed by atoms with Crippen molar-refractivity contribution in [2.24, 2.45) is 0 Å². The first kappa shape index (κ1) is 20.4. The lowest BCUT2D eigenvalue weighted by Gasteiger charge is -2.28. The van der Waals surface area contributed by atoms with Crippen LogP contribution in [0.4, 0.5) is 0 Å². The van der Waals surface area contributed by atoms with Crippen molar-refractivity contribution in [3.05, 3.63) is 114 Å². The van der Waals surface area contributed by atoms with Crippen molar-refractivity contribution >= 4 is 17.3 Å². The molecule has 32 heavy (non-hydrogen) atoms. The number of nitrogens with one attached hydrogen (secondary N) is 1. The highest BCUT2D eigenvalue weighted by molar-refractivity contribution is 7.80. The quantitative estimate of drug-likeness (QED) is 0.441. The molecule has 1 aliphatic rings. The average molecular weight is 440 g/mol. The van der Waals surface area contributed by atoms with E-state index in [2.05, 4.69) is 81.1 Å². The van der Waals surface area contributed by atoms with Crippen molar-refractivity contribution in [1.82, 2.24) is 24.8 Å². The van der Waals surface area contributed by atoms with Crippen LogP contribution in [-0.4, -0.2) is 24.5 Å². The van der Waals surface area contributed by atoms with Crippen LogP contribution in [0, 0.1) is 13.8 Å². The number of aromatic nitrogens is 3. The van der Waals surface area contributed by atoms with E-state index >= 15 is 0 Å². The summed E-state index contributed by atoms with van der Waals surface area (Å²) >= 11 is 5.83. The molecule has 1 aliphatic heterocycles. The number of pyridine rings is 2. The van der Waals surface area contributed by atoms with Gasteiger partial charge in [-0.1, -0.05) is 30.3 Å². The topological polar surface area (TPSA) is 46.0 Å². The van der Waals surface area contributed by atoms with Crippen LogP contribution in [0.5, 0.6) is 0 Å². The van der Waals surface area contributed by atoms with Crippen molar-refractivity contribution < 1.29 is 0 Å². The molecule has 2 atom stereocenters. The Balaban J connectivity index is 1.62. The zero-order valence-electron chi connectivity index (χ0n) is 18.1. The smallest absolute Gasteiger partial charge is 0.170 e. The van der Waals surface area contributed by atoms with E-state index in [0.29, 0.717) is 6.54 Å². The lowest BCUT2D eigenvalue weighted by Crippen LogP contribution is -2.29. The monoisotopic (exact) mass is 439 g/mol. The van der Waals surface area contributed by atoms with E-state index in [1.165, 1.54) is 17.0 Å². The summed E-state index contributed by atoms with van der Waals surface area (Å²) < 4.78 is 2.31. The summed E-state index contributed by atoms with van der Waals surface area (Å²) in [5.41, 5.74) is 6.93. The predicted octanol–water partition coefficient (Wildman–Crippen LogP) is 5.06. The van der Waals surface area contributed by atoms with E-state index in [9.17, 15) is 0 Å². The standard InChI is InChI=1S/C26H25N5S/c1-18-15-22(19(2)31(18)21-10-4-3-5-11-21)25-24(23-12-6-7-14-28-23)29-26(32)30(25)17-20-9-8-13-27-16-20/h3-16,24-25H,17H2,1-2H3,(H,29,32)/t24-,25-/m1/s1. The lowest BCUT2D eigenvalue weighted by atomic mass is 9.96. The van der Waals surface area contributed by atoms with Crippen LogP contribution < -0.4 is 5.32 Å². The number of benzene rings is 1. The van der Waals surface area contributed by atoms with Crippen LogP contribution in [-0.2, 0) is 6.54 Å². The third-order valence-electron chi connectivity index (χ3n) is 6.08. The molecule has 4 aromatic rings. The molecule has 5 rings (SSSR count). The first-order chi connectivity index (χ1) is 15.6. The summed E-state index contributed by atoms with van der Waals surface area (Å²) in [6, 6.07) is 22.8. The number of rotatable bonds is 5. The Labute approximate surface area is 193 Å². The molecule has 0 bridgehead atoms. The highest BCUT2D eigenvalue weighted by atomic mass is 32.1. The Kier molecular flexibility index (Phi) is 5.45. The second-order valence-electron chi connectivity index (χ2n) is 8.11. The van der Waals surface area contributed by atoms with Gasteiger partial charge < -0.3 is 14.8 Å². The molecule has 1 N–H and O–H groups in total. The van der Waals surface area contributed by atoms with Gasteiger partial charge in [0, 0.05) is 42.2 Å². The van der Waals surface area contributed by atoms with Gasteiger partial charge in [0.2, 0.25) is 0 Å². The van der Waals surface area contributed by atoms with Gasteiger partial charge >= 0.3 is 0 Å². The zero-order valence-corrected chi connectivity index (χ0v) is 19.0. The Hall–Kier alpha value is -3.51. The molecule has 4 heterocycles. The van der Waals surface area contributed by atoms with Crippen molar-refractivity contribution in [2.75, 3.05) is 0 Å². The Morgan fingerprint density at radius 2 is 1.78 bits per heavy atom. The molecule has 0 radical (unpaired) electrons. The fraction of sp³-hybridized carbons (Fsp3) is 0.192. The van der Waals surface area contributed by atoms with Crippen molar-refractivity contribution in [3.63, 3.8) is 0 Å². The summed E-state index contributed by atoms with van der Waals surface area (Å²) in [5.74, 6) is 0. The summed E-state index contributed by atoms with van der Waals surface area (Å²) in [5, 5.41) is 4.29. The van der Waals surface area contributed by atoms with E-state index in [1.54, 1.807) is 6.20 Å². The molecule has 1 saturated heterocycles. The Morgan fingerprint density at radius 1 is 0.969 bits per heavy atom. The lowest BCUT2D eigenvalue weighted by molar-refractivity contribution is 0.310. The third kappa shape index (κ3) is 3.67. The Morgan fingerprint density at radius 3 is 2.50 bits per heavy atom. The van der Waals surface area contributed by atoms with Gasteiger partial charge in [0.25, 0.3) is 0 Å². The first-order valence-corrected chi connectivity index (χ1v) is 11.2. The van der Waals surface area contributed by atoms with Gasteiger partial charge in [-0.05, 0) is 73.6 Å². The van der Waals surface area contributed by atoms with Gasteiger partial charge in [-0.25, -0.2) is 0 Å².